The van der Waals surface area contributed by atoms with Crippen molar-refractivity contribution in [2.75, 3.05) is 0 Å². The minimum Gasteiger partial charge on any atom is -0.303 e. The molecule has 2 heteroatoms. The number of hydrogen-bond acceptors (Lipinski definition) is 2. The van der Waals surface area contributed by atoms with E-state index in [0.717, 1.165) is 49.7 Å². The van der Waals surface area contributed by atoms with Crippen molar-refractivity contribution in [2.24, 2.45) is 23.7 Å². The van der Waals surface area contributed by atoms with Crippen molar-refractivity contribution in [2.45, 2.75) is 70.6 Å². The van der Waals surface area contributed by atoms with E-state index >= 15 is 0 Å². The summed E-state index contributed by atoms with van der Waals surface area (Å²) in [5.74, 6) is 3.06. The van der Waals surface area contributed by atoms with E-state index in [9.17, 15) is 4.79 Å². The fourth-order valence-electron chi connectivity index (χ4n) is 4.16. The van der Waals surface area contributed by atoms with E-state index in [2.05, 4.69) is 6.07 Å². The Balaban J connectivity index is 1.66. The zero-order chi connectivity index (χ0) is 13.5. The first-order chi connectivity index (χ1) is 9.33. The van der Waals surface area contributed by atoms with E-state index in [1.807, 2.05) is 0 Å². The molecule has 0 unspecified atom stereocenters. The molecule has 2 saturated carbocycles. The number of aldehydes is 1. The molecule has 0 radical (unpaired) electrons. The molecule has 0 aromatic rings. The summed E-state index contributed by atoms with van der Waals surface area (Å²) < 4.78 is 0. The third kappa shape index (κ3) is 4.34. The van der Waals surface area contributed by atoms with Crippen LogP contribution in [0.25, 0.3) is 0 Å². The summed E-state index contributed by atoms with van der Waals surface area (Å²) >= 11 is 0. The van der Waals surface area contributed by atoms with Crippen LogP contribution in [-0.4, -0.2) is 6.29 Å². The standard InChI is InChI=1S/C17H27NO/c18-13-15-6-10-17(11-7-15)16-8-4-14(5-9-16)3-1-2-12-19/h12,14-17H,1-11H2/t14?,15-,16?,17-. The number of hydrogen-bond donors (Lipinski definition) is 0. The summed E-state index contributed by atoms with van der Waals surface area (Å²) in [4.78, 5) is 10.3. The van der Waals surface area contributed by atoms with Gasteiger partial charge in [0.1, 0.15) is 6.29 Å². The van der Waals surface area contributed by atoms with Gasteiger partial charge in [-0.3, -0.25) is 0 Å². The minimum atomic E-state index is 0.343. The molecule has 0 saturated heterocycles. The number of carbonyl (C=O) groups excluding carboxylic acids is 1. The monoisotopic (exact) mass is 261 g/mol. The Morgan fingerprint density at radius 2 is 1.53 bits per heavy atom. The lowest BCUT2D eigenvalue weighted by Gasteiger charge is -2.36. The van der Waals surface area contributed by atoms with E-state index in [0.29, 0.717) is 5.92 Å². The maximum absolute atomic E-state index is 10.3. The molecule has 0 amide bonds. The summed E-state index contributed by atoms with van der Waals surface area (Å²) in [6.07, 6.45) is 14.6. The lowest BCUT2D eigenvalue weighted by atomic mass is 9.69. The number of nitrogens with zero attached hydrogens (tertiary/aromatic N) is 1. The molecule has 0 bridgehead atoms. The molecule has 2 nitrogen and oxygen atoms in total. The van der Waals surface area contributed by atoms with Gasteiger partial charge in [0.15, 0.2) is 0 Å². The molecule has 2 aliphatic carbocycles. The van der Waals surface area contributed by atoms with Crippen LogP contribution in [0.1, 0.15) is 70.6 Å². The van der Waals surface area contributed by atoms with E-state index in [1.165, 1.54) is 44.9 Å². The van der Waals surface area contributed by atoms with Gasteiger partial charge in [-0.1, -0.05) is 19.3 Å². The van der Waals surface area contributed by atoms with Crippen molar-refractivity contribution in [3.8, 4) is 6.07 Å². The van der Waals surface area contributed by atoms with Crippen molar-refractivity contribution in [1.29, 1.82) is 5.26 Å². The molecule has 2 fully saturated rings. The van der Waals surface area contributed by atoms with Gasteiger partial charge in [0.25, 0.3) is 0 Å². The molecule has 0 aromatic carbocycles. The molecule has 0 aromatic heterocycles. The van der Waals surface area contributed by atoms with Crippen molar-refractivity contribution in [3.05, 3.63) is 0 Å². The van der Waals surface area contributed by atoms with Crippen LogP contribution in [0, 0.1) is 35.0 Å². The third-order valence-corrected chi connectivity index (χ3v) is 5.45. The van der Waals surface area contributed by atoms with Crippen molar-refractivity contribution < 1.29 is 4.79 Å². The quantitative estimate of drug-likeness (QED) is 0.540. The first-order valence-corrected chi connectivity index (χ1v) is 8.16. The van der Waals surface area contributed by atoms with Gasteiger partial charge in [0, 0.05) is 12.3 Å². The highest BCUT2D eigenvalue weighted by Crippen LogP contribution is 2.42. The van der Waals surface area contributed by atoms with E-state index in [-0.39, 0.29) is 0 Å². The second-order valence-corrected chi connectivity index (χ2v) is 6.62. The summed E-state index contributed by atoms with van der Waals surface area (Å²) in [5, 5.41) is 8.95. The van der Waals surface area contributed by atoms with Gasteiger partial charge in [0.05, 0.1) is 6.07 Å². The fraction of sp³-hybridized carbons (Fsp3) is 0.882. The van der Waals surface area contributed by atoms with Crippen molar-refractivity contribution >= 4 is 6.29 Å². The Bertz CT molecular complexity index is 304. The second-order valence-electron chi connectivity index (χ2n) is 6.62. The average Bonchev–Trinajstić information content (AvgIpc) is 2.48. The van der Waals surface area contributed by atoms with Gasteiger partial charge in [0.2, 0.25) is 0 Å². The molecular weight excluding hydrogens is 234 g/mol. The Kier molecular flexibility index (Phi) is 5.89. The molecule has 106 valence electrons. The highest BCUT2D eigenvalue weighted by atomic mass is 16.1. The number of unbranched alkanes of at least 4 members (excludes halogenated alkanes) is 1. The van der Waals surface area contributed by atoms with Crippen LogP contribution < -0.4 is 0 Å². The maximum atomic E-state index is 10.3. The third-order valence-electron chi connectivity index (χ3n) is 5.45. The van der Waals surface area contributed by atoms with Crippen molar-refractivity contribution in [1.82, 2.24) is 0 Å². The SMILES string of the molecule is N#C[C@H]1CC[C@H](C2CCC(CCCC=O)CC2)CC1. The number of nitriles is 1. The normalized spacial score (nSPS) is 35.5. The molecule has 0 aliphatic heterocycles. The highest BCUT2D eigenvalue weighted by molar-refractivity contribution is 5.48. The lowest BCUT2D eigenvalue weighted by Crippen LogP contribution is -2.25. The minimum absolute atomic E-state index is 0.343. The van der Waals surface area contributed by atoms with Crippen LogP contribution in [0.3, 0.4) is 0 Å². The smallest absolute Gasteiger partial charge is 0.119 e. The molecule has 19 heavy (non-hydrogen) atoms. The van der Waals surface area contributed by atoms with Crippen LogP contribution >= 0.6 is 0 Å². The fourth-order valence-corrected chi connectivity index (χ4v) is 4.16. The Hall–Kier alpha value is -0.840. The zero-order valence-electron chi connectivity index (χ0n) is 12.0. The second kappa shape index (κ2) is 7.68. The Morgan fingerprint density at radius 3 is 2.05 bits per heavy atom. The van der Waals surface area contributed by atoms with Crippen molar-refractivity contribution in [3.63, 3.8) is 0 Å². The van der Waals surface area contributed by atoms with Gasteiger partial charge in [-0.15, -0.1) is 0 Å². The largest absolute Gasteiger partial charge is 0.303 e. The predicted octanol–water partition coefficient (Wildman–Crippen LogP) is 4.49. The first-order valence-electron chi connectivity index (χ1n) is 8.16. The highest BCUT2D eigenvalue weighted by Gasteiger charge is 2.30. The van der Waals surface area contributed by atoms with E-state index in [4.69, 9.17) is 5.26 Å². The maximum Gasteiger partial charge on any atom is 0.119 e. The summed E-state index contributed by atoms with van der Waals surface area (Å²) in [6.45, 7) is 0. The van der Waals surface area contributed by atoms with Gasteiger partial charge < -0.3 is 4.79 Å². The van der Waals surface area contributed by atoms with Crippen LogP contribution in [-0.2, 0) is 4.79 Å². The van der Waals surface area contributed by atoms with Gasteiger partial charge >= 0.3 is 0 Å². The van der Waals surface area contributed by atoms with Crippen LogP contribution in [0.15, 0.2) is 0 Å². The molecule has 0 N–H and O–H groups in total. The molecule has 2 aliphatic rings. The summed E-state index contributed by atoms with van der Waals surface area (Å²) in [6, 6.07) is 2.43. The summed E-state index contributed by atoms with van der Waals surface area (Å²) in [7, 11) is 0. The van der Waals surface area contributed by atoms with E-state index < -0.39 is 0 Å². The van der Waals surface area contributed by atoms with Crippen LogP contribution in [0.2, 0.25) is 0 Å². The summed E-state index contributed by atoms with van der Waals surface area (Å²) in [5.41, 5.74) is 0. The van der Waals surface area contributed by atoms with Crippen LogP contribution in [0.5, 0.6) is 0 Å². The lowest BCUT2D eigenvalue weighted by molar-refractivity contribution is -0.108. The van der Waals surface area contributed by atoms with Gasteiger partial charge in [-0.2, -0.15) is 5.26 Å². The Morgan fingerprint density at radius 1 is 0.947 bits per heavy atom. The molecule has 0 heterocycles. The van der Waals surface area contributed by atoms with Gasteiger partial charge in [-0.05, 0) is 62.7 Å². The molecule has 0 spiro atoms. The average molecular weight is 261 g/mol. The Labute approximate surface area is 117 Å². The van der Waals surface area contributed by atoms with Crippen LogP contribution in [0.4, 0.5) is 0 Å². The first kappa shape index (κ1) is 14.6. The molecular formula is C17H27NO. The van der Waals surface area contributed by atoms with Gasteiger partial charge in [-0.25, -0.2) is 0 Å². The molecule has 0 atom stereocenters. The predicted molar refractivity (Wildman–Crippen MR) is 76.4 cm³/mol. The molecule has 2 rings (SSSR count). The number of carbonyl (C=O) groups is 1. The number of rotatable bonds is 5. The van der Waals surface area contributed by atoms with E-state index in [1.54, 1.807) is 0 Å². The topological polar surface area (TPSA) is 40.9 Å². The zero-order valence-corrected chi connectivity index (χ0v) is 12.0.